The fourth-order valence-electron chi connectivity index (χ4n) is 1.45. The molecule has 0 aliphatic heterocycles. The van der Waals surface area contributed by atoms with E-state index < -0.39 is 11.7 Å². The van der Waals surface area contributed by atoms with Crippen molar-refractivity contribution in [2.45, 2.75) is 6.18 Å². The van der Waals surface area contributed by atoms with Gasteiger partial charge in [0.25, 0.3) is 0 Å². The third-order valence-electron chi connectivity index (χ3n) is 2.34. The highest BCUT2D eigenvalue weighted by Crippen LogP contribution is 2.34. The predicted molar refractivity (Wildman–Crippen MR) is 71.1 cm³/mol. The number of nitrogens with zero attached hydrogens (tertiary/aromatic N) is 1. The van der Waals surface area contributed by atoms with E-state index in [1.807, 2.05) is 0 Å². The molecule has 0 spiro atoms. The second-order valence-electron chi connectivity index (χ2n) is 3.79. The molecule has 3 nitrogen and oxygen atoms in total. The van der Waals surface area contributed by atoms with Crippen LogP contribution in [0.25, 0.3) is 0 Å². The van der Waals surface area contributed by atoms with Crippen LogP contribution in [0, 0.1) is 0 Å². The number of alkyl halides is 3. The van der Waals surface area contributed by atoms with Gasteiger partial charge in [0.15, 0.2) is 0 Å². The summed E-state index contributed by atoms with van der Waals surface area (Å²) >= 11 is 3.18. The maximum Gasteiger partial charge on any atom is 0.416 e. The highest BCUT2D eigenvalue weighted by molar-refractivity contribution is 9.10. The van der Waals surface area contributed by atoms with E-state index in [-0.39, 0.29) is 5.69 Å². The molecule has 2 rings (SSSR count). The number of hydrogen-bond donors (Lipinski definition) is 2. The number of nitrogens with two attached hydrogens (primary N) is 1. The van der Waals surface area contributed by atoms with E-state index in [4.69, 9.17) is 5.73 Å². The number of anilines is 3. The Kier molecular flexibility index (Phi) is 3.66. The number of hydrogen-bond acceptors (Lipinski definition) is 3. The number of pyridine rings is 1. The fourth-order valence-corrected chi connectivity index (χ4v) is 1.80. The smallest absolute Gasteiger partial charge is 0.399 e. The van der Waals surface area contributed by atoms with Crippen molar-refractivity contribution in [2.75, 3.05) is 11.1 Å². The van der Waals surface area contributed by atoms with Gasteiger partial charge in [0.05, 0.1) is 11.3 Å². The van der Waals surface area contributed by atoms with Crippen LogP contribution < -0.4 is 11.1 Å². The lowest BCUT2D eigenvalue weighted by Gasteiger charge is -2.12. The third-order valence-corrected chi connectivity index (χ3v) is 3.03. The minimum atomic E-state index is -4.39. The Hall–Kier alpha value is -1.76. The van der Waals surface area contributed by atoms with Crippen LogP contribution in [0.4, 0.5) is 30.4 Å². The van der Waals surface area contributed by atoms with Gasteiger partial charge in [0.2, 0.25) is 0 Å². The SMILES string of the molecule is Nc1ccnc(Nc2cc(C(F)(F)F)ccc2Br)c1. The van der Waals surface area contributed by atoms with Gasteiger partial charge < -0.3 is 11.1 Å². The van der Waals surface area contributed by atoms with Gasteiger partial charge in [0, 0.05) is 22.4 Å². The molecule has 1 heterocycles. The number of rotatable bonds is 2. The Morgan fingerprint density at radius 2 is 1.89 bits per heavy atom. The maximum atomic E-state index is 12.6. The van der Waals surface area contributed by atoms with Crippen LogP contribution in [0.1, 0.15) is 5.56 Å². The van der Waals surface area contributed by atoms with Crippen molar-refractivity contribution in [3.05, 3.63) is 46.6 Å². The molecule has 0 saturated heterocycles. The normalized spacial score (nSPS) is 11.4. The Morgan fingerprint density at radius 3 is 2.53 bits per heavy atom. The van der Waals surface area contributed by atoms with Crippen molar-refractivity contribution in [3.8, 4) is 0 Å². The van der Waals surface area contributed by atoms with E-state index in [0.29, 0.717) is 16.0 Å². The third kappa shape index (κ3) is 3.37. The average Bonchev–Trinajstić information content (AvgIpc) is 2.30. The molecule has 0 aliphatic carbocycles. The van der Waals surface area contributed by atoms with Crippen molar-refractivity contribution in [2.24, 2.45) is 0 Å². The molecule has 1 aromatic heterocycles. The van der Waals surface area contributed by atoms with E-state index in [9.17, 15) is 13.2 Å². The average molecular weight is 332 g/mol. The van der Waals surface area contributed by atoms with Gasteiger partial charge in [-0.25, -0.2) is 4.98 Å². The molecule has 0 fully saturated rings. The van der Waals surface area contributed by atoms with E-state index >= 15 is 0 Å². The molecule has 19 heavy (non-hydrogen) atoms. The molecule has 3 N–H and O–H groups in total. The number of halogens is 4. The first-order valence-corrected chi connectivity index (χ1v) is 6.01. The molecule has 100 valence electrons. The molecule has 0 saturated carbocycles. The van der Waals surface area contributed by atoms with Crippen LogP contribution in [0.2, 0.25) is 0 Å². The summed E-state index contributed by atoms with van der Waals surface area (Å²) in [5.74, 6) is 0.375. The quantitative estimate of drug-likeness (QED) is 0.867. The first-order chi connectivity index (χ1) is 8.86. The van der Waals surface area contributed by atoms with Crippen LogP contribution in [-0.2, 0) is 6.18 Å². The van der Waals surface area contributed by atoms with Crippen molar-refractivity contribution >= 4 is 33.1 Å². The highest BCUT2D eigenvalue weighted by Gasteiger charge is 2.30. The molecule has 0 unspecified atom stereocenters. The van der Waals surface area contributed by atoms with Crippen molar-refractivity contribution in [1.82, 2.24) is 4.98 Å². The summed E-state index contributed by atoms with van der Waals surface area (Å²) in [7, 11) is 0. The Labute approximate surface area is 115 Å². The largest absolute Gasteiger partial charge is 0.416 e. The number of benzene rings is 1. The highest BCUT2D eigenvalue weighted by atomic mass is 79.9. The topological polar surface area (TPSA) is 50.9 Å². The fraction of sp³-hybridized carbons (Fsp3) is 0.0833. The van der Waals surface area contributed by atoms with E-state index in [1.54, 1.807) is 6.07 Å². The summed E-state index contributed by atoms with van der Waals surface area (Å²) in [5, 5.41) is 2.79. The minimum Gasteiger partial charge on any atom is -0.399 e. The molecule has 0 radical (unpaired) electrons. The van der Waals surface area contributed by atoms with Crippen LogP contribution in [0.15, 0.2) is 41.0 Å². The van der Waals surface area contributed by atoms with Crippen LogP contribution in [0.5, 0.6) is 0 Å². The molecule has 2 aromatic rings. The number of aromatic nitrogens is 1. The van der Waals surface area contributed by atoms with Crippen LogP contribution >= 0.6 is 15.9 Å². The number of nitrogen functional groups attached to an aromatic ring is 1. The lowest BCUT2D eigenvalue weighted by molar-refractivity contribution is -0.137. The molecular weight excluding hydrogens is 323 g/mol. The summed E-state index contributed by atoms with van der Waals surface area (Å²) in [4.78, 5) is 3.97. The standard InChI is InChI=1S/C12H9BrF3N3/c13-9-2-1-7(12(14,15)16)5-10(9)19-11-6-8(17)3-4-18-11/h1-6H,(H3,17,18,19). The van der Waals surface area contributed by atoms with E-state index in [2.05, 4.69) is 26.2 Å². The zero-order chi connectivity index (χ0) is 14.0. The van der Waals surface area contributed by atoms with Crippen LogP contribution in [-0.4, -0.2) is 4.98 Å². The molecule has 0 aliphatic rings. The molecule has 0 atom stereocenters. The Bertz CT molecular complexity index is 599. The van der Waals surface area contributed by atoms with Gasteiger partial charge in [-0.3, -0.25) is 0 Å². The van der Waals surface area contributed by atoms with Crippen molar-refractivity contribution in [3.63, 3.8) is 0 Å². The second kappa shape index (κ2) is 5.08. The minimum absolute atomic E-state index is 0.271. The monoisotopic (exact) mass is 331 g/mol. The predicted octanol–water partition coefficient (Wildman–Crippen LogP) is 4.19. The van der Waals surface area contributed by atoms with E-state index in [1.165, 1.54) is 18.3 Å². The van der Waals surface area contributed by atoms with Crippen LogP contribution in [0.3, 0.4) is 0 Å². The summed E-state index contributed by atoms with van der Waals surface area (Å²) in [5.41, 5.74) is 5.59. The van der Waals surface area contributed by atoms with Gasteiger partial charge in [-0.15, -0.1) is 0 Å². The van der Waals surface area contributed by atoms with Gasteiger partial charge >= 0.3 is 6.18 Å². The summed E-state index contributed by atoms with van der Waals surface area (Å²) in [6.07, 6.45) is -2.92. The first-order valence-electron chi connectivity index (χ1n) is 5.21. The Morgan fingerprint density at radius 1 is 1.16 bits per heavy atom. The van der Waals surface area contributed by atoms with Gasteiger partial charge in [-0.05, 0) is 40.2 Å². The molecule has 7 heteroatoms. The van der Waals surface area contributed by atoms with Crippen molar-refractivity contribution in [1.29, 1.82) is 0 Å². The molecule has 0 amide bonds. The summed E-state index contributed by atoms with van der Waals surface area (Å²) in [6.45, 7) is 0. The zero-order valence-electron chi connectivity index (χ0n) is 9.50. The lowest BCUT2D eigenvalue weighted by atomic mass is 10.2. The summed E-state index contributed by atoms with van der Waals surface area (Å²) in [6, 6.07) is 6.47. The zero-order valence-corrected chi connectivity index (χ0v) is 11.1. The molecule has 0 bridgehead atoms. The number of nitrogens with one attached hydrogen (secondary N) is 1. The first kappa shape index (κ1) is 13.7. The molecular formula is C12H9BrF3N3. The Balaban J connectivity index is 2.34. The lowest BCUT2D eigenvalue weighted by Crippen LogP contribution is -2.06. The molecule has 1 aromatic carbocycles. The summed E-state index contributed by atoms with van der Waals surface area (Å²) < 4.78 is 38.4. The van der Waals surface area contributed by atoms with Gasteiger partial charge in [-0.2, -0.15) is 13.2 Å². The van der Waals surface area contributed by atoms with E-state index in [0.717, 1.165) is 12.1 Å². The second-order valence-corrected chi connectivity index (χ2v) is 4.65. The van der Waals surface area contributed by atoms with Crippen molar-refractivity contribution < 1.29 is 13.2 Å². The van der Waals surface area contributed by atoms with Gasteiger partial charge in [-0.1, -0.05) is 0 Å². The van der Waals surface area contributed by atoms with Gasteiger partial charge in [0.1, 0.15) is 5.82 Å². The maximum absolute atomic E-state index is 12.6.